The largest absolute Gasteiger partial charge is 0.337 e. The zero-order valence-corrected chi connectivity index (χ0v) is 10.5. The second kappa shape index (κ2) is 5.17. The fraction of sp³-hybridized carbons (Fsp3) is 0.385. The van der Waals surface area contributed by atoms with Gasteiger partial charge in [-0.25, -0.2) is 4.98 Å². The molecule has 1 amide bonds. The van der Waals surface area contributed by atoms with Gasteiger partial charge in [0.15, 0.2) is 0 Å². The number of hydrogen-bond acceptors (Lipinski definition) is 4. The molecule has 2 aromatic rings. The Balaban J connectivity index is 1.84. The van der Waals surface area contributed by atoms with Gasteiger partial charge in [-0.3, -0.25) is 14.9 Å². The summed E-state index contributed by atoms with van der Waals surface area (Å²) in [5.41, 5.74) is 1.80. The predicted molar refractivity (Wildman–Crippen MR) is 69.4 cm³/mol. The van der Waals surface area contributed by atoms with Gasteiger partial charge in [0, 0.05) is 19.3 Å². The molecular formula is C13H15N5O. The highest BCUT2D eigenvalue weighted by Crippen LogP contribution is 2.15. The summed E-state index contributed by atoms with van der Waals surface area (Å²) in [6.45, 7) is 1.63. The van der Waals surface area contributed by atoms with E-state index in [2.05, 4.69) is 20.2 Å². The van der Waals surface area contributed by atoms with E-state index in [4.69, 9.17) is 0 Å². The molecule has 19 heavy (non-hydrogen) atoms. The molecule has 0 bridgehead atoms. The van der Waals surface area contributed by atoms with E-state index in [0.717, 1.165) is 31.6 Å². The van der Waals surface area contributed by atoms with Crippen LogP contribution in [0.15, 0.2) is 24.7 Å². The van der Waals surface area contributed by atoms with Crippen LogP contribution in [0.5, 0.6) is 0 Å². The topological polar surface area (TPSA) is 74.8 Å². The molecule has 1 N–H and O–H groups in total. The first-order valence-corrected chi connectivity index (χ1v) is 6.45. The Morgan fingerprint density at radius 1 is 1.21 bits per heavy atom. The summed E-state index contributed by atoms with van der Waals surface area (Å²) in [7, 11) is 0. The number of carbonyl (C=O) groups is 1. The Morgan fingerprint density at radius 2 is 2.05 bits per heavy atom. The lowest BCUT2D eigenvalue weighted by Gasteiger charge is -2.26. The van der Waals surface area contributed by atoms with Gasteiger partial charge in [-0.2, -0.15) is 5.10 Å². The molecule has 0 radical (unpaired) electrons. The third kappa shape index (κ3) is 2.47. The van der Waals surface area contributed by atoms with Gasteiger partial charge in [-0.15, -0.1) is 0 Å². The minimum absolute atomic E-state index is 0.0337. The van der Waals surface area contributed by atoms with Crippen molar-refractivity contribution in [2.75, 3.05) is 13.1 Å². The van der Waals surface area contributed by atoms with Gasteiger partial charge in [0.25, 0.3) is 5.91 Å². The van der Waals surface area contributed by atoms with Crippen molar-refractivity contribution in [1.29, 1.82) is 0 Å². The van der Waals surface area contributed by atoms with Gasteiger partial charge in [0.1, 0.15) is 11.4 Å². The molecular weight excluding hydrogens is 242 g/mol. The standard InChI is InChI=1S/C13H15N5O/c19-13(18-6-2-1-3-7-18)12-9-14-8-11(16-12)10-4-5-15-17-10/h4-5,8-9H,1-3,6-7H2,(H,15,17). The van der Waals surface area contributed by atoms with E-state index in [1.807, 2.05) is 4.90 Å². The normalized spacial score (nSPS) is 15.5. The van der Waals surface area contributed by atoms with E-state index >= 15 is 0 Å². The summed E-state index contributed by atoms with van der Waals surface area (Å²) in [6.07, 6.45) is 8.13. The molecule has 6 nitrogen and oxygen atoms in total. The van der Waals surface area contributed by atoms with E-state index < -0.39 is 0 Å². The van der Waals surface area contributed by atoms with Crippen molar-refractivity contribution in [3.8, 4) is 11.4 Å². The number of aromatic nitrogens is 4. The lowest BCUT2D eigenvalue weighted by molar-refractivity contribution is 0.0718. The zero-order valence-electron chi connectivity index (χ0n) is 10.5. The fourth-order valence-corrected chi connectivity index (χ4v) is 2.26. The van der Waals surface area contributed by atoms with Crippen LogP contribution in [0.3, 0.4) is 0 Å². The van der Waals surface area contributed by atoms with Crippen LogP contribution in [0.2, 0.25) is 0 Å². The van der Waals surface area contributed by atoms with Gasteiger partial charge in [-0.1, -0.05) is 0 Å². The molecule has 3 rings (SSSR count). The molecule has 3 heterocycles. The minimum Gasteiger partial charge on any atom is -0.337 e. The Morgan fingerprint density at radius 3 is 2.79 bits per heavy atom. The summed E-state index contributed by atoms with van der Waals surface area (Å²) in [5, 5.41) is 6.70. The molecule has 0 aromatic carbocycles. The number of H-pyrrole nitrogens is 1. The second-order valence-electron chi connectivity index (χ2n) is 4.61. The lowest BCUT2D eigenvalue weighted by Crippen LogP contribution is -2.36. The Kier molecular flexibility index (Phi) is 3.22. The molecule has 0 saturated carbocycles. The predicted octanol–water partition coefficient (Wildman–Crippen LogP) is 1.49. The van der Waals surface area contributed by atoms with Crippen molar-refractivity contribution < 1.29 is 4.79 Å². The van der Waals surface area contributed by atoms with Crippen LogP contribution in [-0.2, 0) is 0 Å². The summed E-state index contributed by atoms with van der Waals surface area (Å²) >= 11 is 0. The quantitative estimate of drug-likeness (QED) is 0.884. The Bertz CT molecular complexity index is 560. The van der Waals surface area contributed by atoms with Crippen LogP contribution < -0.4 is 0 Å². The number of amides is 1. The SMILES string of the molecule is O=C(c1cncc(-c2ccn[nH]2)n1)N1CCCCC1. The molecule has 0 spiro atoms. The van der Waals surface area contributed by atoms with E-state index in [0.29, 0.717) is 11.4 Å². The maximum atomic E-state index is 12.3. The Labute approximate surface area is 110 Å². The van der Waals surface area contributed by atoms with E-state index in [-0.39, 0.29) is 5.91 Å². The molecule has 1 aliphatic heterocycles. The molecule has 0 aliphatic carbocycles. The smallest absolute Gasteiger partial charge is 0.274 e. The third-order valence-electron chi connectivity index (χ3n) is 3.27. The average Bonchev–Trinajstić information content (AvgIpc) is 3.02. The first-order valence-electron chi connectivity index (χ1n) is 6.45. The summed E-state index contributed by atoms with van der Waals surface area (Å²) in [4.78, 5) is 22.6. The third-order valence-corrected chi connectivity index (χ3v) is 3.27. The zero-order chi connectivity index (χ0) is 13.1. The van der Waals surface area contributed by atoms with Crippen LogP contribution in [0.4, 0.5) is 0 Å². The van der Waals surface area contributed by atoms with Crippen molar-refractivity contribution in [1.82, 2.24) is 25.1 Å². The highest BCUT2D eigenvalue weighted by atomic mass is 16.2. The number of nitrogens with one attached hydrogen (secondary N) is 1. The number of hydrogen-bond donors (Lipinski definition) is 1. The number of aromatic amines is 1. The monoisotopic (exact) mass is 257 g/mol. The Hall–Kier alpha value is -2.24. The van der Waals surface area contributed by atoms with Gasteiger partial charge < -0.3 is 4.90 Å². The molecule has 2 aromatic heterocycles. The highest BCUT2D eigenvalue weighted by Gasteiger charge is 2.20. The molecule has 0 unspecified atom stereocenters. The van der Waals surface area contributed by atoms with Crippen LogP contribution in [0.25, 0.3) is 11.4 Å². The first kappa shape index (κ1) is 11.8. The molecule has 1 aliphatic rings. The van der Waals surface area contributed by atoms with Crippen LogP contribution >= 0.6 is 0 Å². The summed E-state index contributed by atoms with van der Waals surface area (Å²) in [6, 6.07) is 1.80. The van der Waals surface area contributed by atoms with Gasteiger partial charge in [0.2, 0.25) is 0 Å². The summed E-state index contributed by atoms with van der Waals surface area (Å²) < 4.78 is 0. The van der Waals surface area contributed by atoms with Gasteiger partial charge >= 0.3 is 0 Å². The lowest BCUT2D eigenvalue weighted by atomic mass is 10.1. The van der Waals surface area contributed by atoms with E-state index in [1.54, 1.807) is 18.5 Å². The molecule has 6 heteroatoms. The van der Waals surface area contributed by atoms with Crippen molar-refractivity contribution >= 4 is 5.91 Å². The maximum Gasteiger partial charge on any atom is 0.274 e. The van der Waals surface area contributed by atoms with Crippen LogP contribution in [0, 0.1) is 0 Å². The van der Waals surface area contributed by atoms with Crippen molar-refractivity contribution in [3.63, 3.8) is 0 Å². The number of rotatable bonds is 2. The maximum absolute atomic E-state index is 12.3. The highest BCUT2D eigenvalue weighted by molar-refractivity contribution is 5.92. The molecule has 1 fully saturated rings. The second-order valence-corrected chi connectivity index (χ2v) is 4.61. The number of piperidine rings is 1. The number of likely N-dealkylation sites (tertiary alicyclic amines) is 1. The molecule has 1 saturated heterocycles. The van der Waals surface area contributed by atoms with Crippen molar-refractivity contribution in [3.05, 3.63) is 30.4 Å². The van der Waals surface area contributed by atoms with Crippen molar-refractivity contribution in [2.45, 2.75) is 19.3 Å². The first-order chi connectivity index (χ1) is 9.34. The van der Waals surface area contributed by atoms with Crippen LogP contribution in [0.1, 0.15) is 29.8 Å². The van der Waals surface area contributed by atoms with Crippen molar-refractivity contribution in [2.24, 2.45) is 0 Å². The molecule has 98 valence electrons. The minimum atomic E-state index is -0.0337. The van der Waals surface area contributed by atoms with E-state index in [9.17, 15) is 4.79 Å². The number of carbonyl (C=O) groups excluding carboxylic acids is 1. The van der Waals surface area contributed by atoms with E-state index in [1.165, 1.54) is 12.6 Å². The summed E-state index contributed by atoms with van der Waals surface area (Å²) in [5.74, 6) is -0.0337. The molecule has 0 atom stereocenters. The average molecular weight is 257 g/mol. The van der Waals surface area contributed by atoms with Gasteiger partial charge in [0.05, 0.1) is 18.1 Å². The number of nitrogens with zero attached hydrogens (tertiary/aromatic N) is 4. The fourth-order valence-electron chi connectivity index (χ4n) is 2.26. The van der Waals surface area contributed by atoms with Gasteiger partial charge in [-0.05, 0) is 25.3 Å². The van der Waals surface area contributed by atoms with Crippen LogP contribution in [-0.4, -0.2) is 44.1 Å².